The van der Waals surface area contributed by atoms with E-state index in [1.54, 1.807) is 0 Å². The van der Waals surface area contributed by atoms with E-state index in [-0.39, 0.29) is 17.1 Å². The second kappa shape index (κ2) is 8.89. The van der Waals surface area contributed by atoms with Crippen LogP contribution in [0.25, 0.3) is 0 Å². The van der Waals surface area contributed by atoms with Gasteiger partial charge >= 0.3 is 0 Å². The van der Waals surface area contributed by atoms with E-state index >= 15 is 0 Å². The van der Waals surface area contributed by atoms with Crippen LogP contribution in [0.5, 0.6) is 5.75 Å². The molecular formula is C24H31NO3. The van der Waals surface area contributed by atoms with Crippen molar-refractivity contribution in [2.24, 2.45) is 5.73 Å². The lowest BCUT2D eigenvalue weighted by atomic mass is 9.59. The van der Waals surface area contributed by atoms with E-state index in [0.717, 1.165) is 31.2 Å². The molecule has 150 valence electrons. The fourth-order valence-electron chi connectivity index (χ4n) is 4.61. The molecule has 1 aliphatic carbocycles. The van der Waals surface area contributed by atoms with Gasteiger partial charge in [0.05, 0.1) is 12.2 Å². The van der Waals surface area contributed by atoms with Crippen LogP contribution in [-0.4, -0.2) is 18.1 Å². The Morgan fingerprint density at radius 1 is 1.07 bits per heavy atom. The zero-order chi connectivity index (χ0) is 20.0. The largest absolute Gasteiger partial charge is 0.429 e. The minimum Gasteiger partial charge on any atom is -0.429 e. The third-order valence-corrected chi connectivity index (χ3v) is 6.51. The van der Waals surface area contributed by atoms with E-state index in [9.17, 15) is 4.79 Å². The van der Waals surface area contributed by atoms with Crippen molar-refractivity contribution in [1.29, 1.82) is 0 Å². The second-order valence-corrected chi connectivity index (χ2v) is 8.06. The Bertz CT molecular complexity index is 751. The van der Waals surface area contributed by atoms with Gasteiger partial charge in [-0.15, -0.1) is 0 Å². The van der Waals surface area contributed by atoms with Crippen molar-refractivity contribution in [3.05, 3.63) is 65.7 Å². The van der Waals surface area contributed by atoms with Crippen molar-refractivity contribution in [3.8, 4) is 5.75 Å². The summed E-state index contributed by atoms with van der Waals surface area (Å²) in [5.41, 5.74) is 8.22. The van der Waals surface area contributed by atoms with E-state index in [2.05, 4.69) is 26.0 Å². The standard InChI is InChI=1S/C24H31NO3/c1-19(25)23(2,21-11-13-22(14-12-21)27-18-26)24(15-7-4-8-16-24)28-17-20-9-5-3-6-10-20/h3,5-6,9-14,18-19H,4,7-8,15-17,25H2,1-2H3. The number of rotatable bonds is 8. The van der Waals surface area contributed by atoms with E-state index in [4.69, 9.17) is 15.2 Å². The molecule has 2 N–H and O–H groups in total. The van der Waals surface area contributed by atoms with Crippen molar-refractivity contribution in [1.82, 2.24) is 0 Å². The van der Waals surface area contributed by atoms with Crippen LogP contribution >= 0.6 is 0 Å². The monoisotopic (exact) mass is 381 g/mol. The highest BCUT2D eigenvalue weighted by Crippen LogP contribution is 2.49. The van der Waals surface area contributed by atoms with Crippen LogP contribution in [-0.2, 0) is 21.6 Å². The summed E-state index contributed by atoms with van der Waals surface area (Å²) >= 11 is 0. The van der Waals surface area contributed by atoms with Gasteiger partial charge in [0.1, 0.15) is 5.75 Å². The van der Waals surface area contributed by atoms with Gasteiger partial charge in [-0.1, -0.05) is 68.7 Å². The van der Waals surface area contributed by atoms with Crippen molar-refractivity contribution < 1.29 is 14.3 Å². The average Bonchev–Trinajstić information content (AvgIpc) is 2.74. The molecule has 0 aromatic heterocycles. The SMILES string of the molecule is CC(N)C(C)(c1ccc(OC=O)cc1)C1(OCc2ccccc2)CCCCC1. The lowest BCUT2D eigenvalue weighted by molar-refractivity contribution is -0.134. The van der Waals surface area contributed by atoms with Gasteiger partial charge in [0, 0.05) is 11.5 Å². The zero-order valence-electron chi connectivity index (χ0n) is 16.9. The number of carbonyl (C=O) groups is 1. The Hall–Kier alpha value is -2.17. The van der Waals surface area contributed by atoms with E-state index in [1.165, 1.54) is 12.0 Å². The van der Waals surface area contributed by atoms with E-state index in [1.807, 2.05) is 42.5 Å². The van der Waals surface area contributed by atoms with Crippen LogP contribution < -0.4 is 10.5 Å². The Morgan fingerprint density at radius 3 is 2.29 bits per heavy atom. The third-order valence-electron chi connectivity index (χ3n) is 6.51. The van der Waals surface area contributed by atoms with Crippen LogP contribution in [0, 0.1) is 0 Å². The molecule has 0 saturated heterocycles. The molecule has 1 aliphatic rings. The number of benzene rings is 2. The molecule has 0 bridgehead atoms. The zero-order valence-corrected chi connectivity index (χ0v) is 16.9. The quantitative estimate of drug-likeness (QED) is 0.671. The highest BCUT2D eigenvalue weighted by atomic mass is 16.5. The average molecular weight is 382 g/mol. The van der Waals surface area contributed by atoms with Gasteiger partial charge in [-0.2, -0.15) is 0 Å². The van der Waals surface area contributed by atoms with E-state index < -0.39 is 0 Å². The van der Waals surface area contributed by atoms with Crippen LogP contribution in [0.1, 0.15) is 57.1 Å². The third kappa shape index (κ3) is 3.98. The van der Waals surface area contributed by atoms with Gasteiger partial charge in [-0.3, -0.25) is 4.79 Å². The summed E-state index contributed by atoms with van der Waals surface area (Å²) in [6.45, 7) is 5.32. The molecule has 1 saturated carbocycles. The molecule has 4 heteroatoms. The molecule has 0 amide bonds. The van der Waals surface area contributed by atoms with Crippen molar-refractivity contribution in [2.45, 2.75) is 69.6 Å². The molecule has 4 nitrogen and oxygen atoms in total. The minimum atomic E-state index is -0.359. The number of ether oxygens (including phenoxy) is 2. The molecule has 2 atom stereocenters. The molecule has 2 aromatic rings. The lowest BCUT2D eigenvalue weighted by Gasteiger charge is -2.53. The Labute approximate surface area is 168 Å². The lowest BCUT2D eigenvalue weighted by Crippen LogP contribution is -2.60. The molecule has 0 radical (unpaired) electrons. The second-order valence-electron chi connectivity index (χ2n) is 8.06. The Balaban J connectivity index is 1.96. The highest BCUT2D eigenvalue weighted by molar-refractivity contribution is 5.46. The van der Waals surface area contributed by atoms with Crippen molar-refractivity contribution in [2.75, 3.05) is 0 Å². The molecule has 1 fully saturated rings. The molecule has 0 aliphatic heterocycles. The Morgan fingerprint density at radius 2 is 1.71 bits per heavy atom. The maximum absolute atomic E-state index is 10.6. The van der Waals surface area contributed by atoms with Gasteiger partial charge in [0.2, 0.25) is 0 Å². The van der Waals surface area contributed by atoms with Crippen LogP contribution in [0.3, 0.4) is 0 Å². The highest BCUT2D eigenvalue weighted by Gasteiger charge is 2.52. The number of hydrogen-bond acceptors (Lipinski definition) is 4. The minimum absolute atomic E-state index is 0.0980. The van der Waals surface area contributed by atoms with Gasteiger partial charge in [0.15, 0.2) is 0 Å². The predicted molar refractivity (Wildman–Crippen MR) is 111 cm³/mol. The smallest absolute Gasteiger partial charge is 0.298 e. The molecule has 28 heavy (non-hydrogen) atoms. The van der Waals surface area contributed by atoms with Gasteiger partial charge in [-0.05, 0) is 43.0 Å². The normalized spacial score (nSPS) is 19.4. The van der Waals surface area contributed by atoms with Crippen molar-refractivity contribution >= 4 is 6.47 Å². The maximum atomic E-state index is 10.6. The summed E-state index contributed by atoms with van der Waals surface area (Å²) in [5.74, 6) is 0.536. The predicted octanol–water partition coefficient (Wildman–Crippen LogP) is 4.75. The first-order valence-corrected chi connectivity index (χ1v) is 10.2. The molecule has 2 aromatic carbocycles. The first kappa shape index (κ1) is 20.6. The van der Waals surface area contributed by atoms with Crippen LogP contribution in [0.15, 0.2) is 54.6 Å². The van der Waals surface area contributed by atoms with Crippen LogP contribution in [0.2, 0.25) is 0 Å². The fraction of sp³-hybridized carbons (Fsp3) is 0.458. The molecule has 0 heterocycles. The van der Waals surface area contributed by atoms with Gasteiger partial charge in [0.25, 0.3) is 6.47 Å². The first-order valence-electron chi connectivity index (χ1n) is 10.2. The molecule has 0 spiro atoms. The summed E-state index contributed by atoms with van der Waals surface area (Å²) in [6.07, 6.45) is 5.50. The summed E-state index contributed by atoms with van der Waals surface area (Å²) in [5, 5.41) is 0. The Kier molecular flexibility index (Phi) is 6.53. The number of nitrogens with two attached hydrogens (primary N) is 1. The summed E-state index contributed by atoms with van der Waals surface area (Å²) in [6, 6.07) is 17.9. The molecule has 2 unspecified atom stereocenters. The molecular weight excluding hydrogens is 350 g/mol. The summed E-state index contributed by atoms with van der Waals surface area (Å²) in [4.78, 5) is 10.6. The summed E-state index contributed by atoms with van der Waals surface area (Å²) in [7, 11) is 0. The number of hydrogen-bond donors (Lipinski definition) is 1. The van der Waals surface area contributed by atoms with Gasteiger partial charge in [-0.25, -0.2) is 0 Å². The maximum Gasteiger partial charge on any atom is 0.298 e. The fourth-order valence-corrected chi connectivity index (χ4v) is 4.61. The van der Waals surface area contributed by atoms with Gasteiger partial charge < -0.3 is 15.2 Å². The summed E-state index contributed by atoms with van der Waals surface area (Å²) < 4.78 is 11.7. The molecule has 3 rings (SSSR count). The van der Waals surface area contributed by atoms with Crippen molar-refractivity contribution in [3.63, 3.8) is 0 Å². The first-order chi connectivity index (χ1) is 13.5. The number of carbonyl (C=O) groups excluding carboxylic acids is 1. The van der Waals surface area contributed by atoms with Crippen LogP contribution in [0.4, 0.5) is 0 Å². The van der Waals surface area contributed by atoms with E-state index in [0.29, 0.717) is 18.8 Å². The topological polar surface area (TPSA) is 61.5 Å².